The minimum Gasteiger partial charge on any atom is -0.313 e. The van der Waals surface area contributed by atoms with Crippen molar-refractivity contribution >= 4 is 0 Å². The maximum absolute atomic E-state index is 8.91. The van der Waals surface area contributed by atoms with E-state index >= 15 is 0 Å². The minimum absolute atomic E-state index is 0.649. The fourth-order valence-corrected chi connectivity index (χ4v) is 1.84. The van der Waals surface area contributed by atoms with Gasteiger partial charge in [-0.1, -0.05) is 13.0 Å². The molecule has 0 aliphatic carbocycles. The predicted molar refractivity (Wildman–Crippen MR) is 70.4 cm³/mol. The van der Waals surface area contributed by atoms with Gasteiger partial charge in [0.05, 0.1) is 23.5 Å². The van der Waals surface area contributed by atoms with E-state index in [1.807, 2.05) is 36.0 Å². The molecule has 1 aromatic carbocycles. The molecular weight excluding hydrogens is 224 g/mol. The number of rotatable bonds is 4. The highest BCUT2D eigenvalue weighted by Crippen LogP contribution is 2.15. The fraction of sp³-hybridized carbons (Fsp3) is 0.286. The molecule has 4 nitrogen and oxygen atoms in total. The maximum Gasteiger partial charge on any atom is 0.0992 e. The Morgan fingerprint density at radius 3 is 3.00 bits per heavy atom. The second-order valence-corrected chi connectivity index (χ2v) is 4.11. The molecule has 0 radical (unpaired) electrons. The summed E-state index contributed by atoms with van der Waals surface area (Å²) >= 11 is 0. The lowest BCUT2D eigenvalue weighted by Gasteiger charge is -2.06. The number of hydrogen-bond acceptors (Lipinski definition) is 3. The van der Waals surface area contributed by atoms with Gasteiger partial charge in [0.2, 0.25) is 0 Å². The third kappa shape index (κ3) is 2.41. The summed E-state index contributed by atoms with van der Waals surface area (Å²) in [5.41, 5.74) is 3.86. The highest BCUT2D eigenvalue weighted by atomic mass is 15.3. The van der Waals surface area contributed by atoms with Crippen LogP contribution in [0.2, 0.25) is 0 Å². The van der Waals surface area contributed by atoms with Crippen molar-refractivity contribution < 1.29 is 0 Å². The highest BCUT2D eigenvalue weighted by Gasteiger charge is 2.07. The number of hydrogen-bond donors (Lipinski definition) is 1. The van der Waals surface area contributed by atoms with Crippen LogP contribution in [0.15, 0.2) is 30.5 Å². The summed E-state index contributed by atoms with van der Waals surface area (Å²) in [5, 5.41) is 16.6. The van der Waals surface area contributed by atoms with Crippen LogP contribution in [-0.4, -0.2) is 16.3 Å². The average molecular weight is 240 g/mol. The SMILES string of the molecule is CCNCc1cnn(-c2cccc(C#N)c2)c1C. The van der Waals surface area contributed by atoms with Crippen molar-refractivity contribution in [2.24, 2.45) is 0 Å². The lowest BCUT2D eigenvalue weighted by molar-refractivity contribution is 0.721. The summed E-state index contributed by atoms with van der Waals surface area (Å²) < 4.78 is 1.87. The van der Waals surface area contributed by atoms with E-state index < -0.39 is 0 Å². The molecule has 0 saturated carbocycles. The summed E-state index contributed by atoms with van der Waals surface area (Å²) in [6, 6.07) is 9.61. The molecule has 4 heteroatoms. The Labute approximate surface area is 107 Å². The molecule has 1 aromatic heterocycles. The van der Waals surface area contributed by atoms with Crippen molar-refractivity contribution in [3.05, 3.63) is 47.3 Å². The Hall–Kier alpha value is -2.12. The molecule has 0 atom stereocenters. The third-order valence-corrected chi connectivity index (χ3v) is 2.90. The van der Waals surface area contributed by atoms with Crippen LogP contribution in [0, 0.1) is 18.3 Å². The van der Waals surface area contributed by atoms with E-state index in [0.29, 0.717) is 5.56 Å². The Balaban J connectivity index is 2.33. The van der Waals surface area contributed by atoms with Gasteiger partial charge in [-0.15, -0.1) is 0 Å². The molecule has 1 N–H and O–H groups in total. The Kier molecular flexibility index (Phi) is 3.75. The first-order chi connectivity index (χ1) is 8.76. The highest BCUT2D eigenvalue weighted by molar-refractivity contribution is 5.42. The average Bonchev–Trinajstić information content (AvgIpc) is 2.78. The first-order valence-corrected chi connectivity index (χ1v) is 6.01. The van der Waals surface area contributed by atoms with Gasteiger partial charge in [0, 0.05) is 17.8 Å². The molecule has 0 amide bonds. The molecule has 1 heterocycles. The van der Waals surface area contributed by atoms with Crippen molar-refractivity contribution in [3.63, 3.8) is 0 Å². The fourth-order valence-electron chi connectivity index (χ4n) is 1.84. The number of benzene rings is 1. The molecule has 0 aliphatic rings. The van der Waals surface area contributed by atoms with E-state index in [0.717, 1.165) is 24.5 Å². The summed E-state index contributed by atoms with van der Waals surface area (Å²) in [4.78, 5) is 0. The van der Waals surface area contributed by atoms with Gasteiger partial charge < -0.3 is 5.32 Å². The summed E-state index contributed by atoms with van der Waals surface area (Å²) in [6.45, 7) is 5.88. The zero-order chi connectivity index (χ0) is 13.0. The van der Waals surface area contributed by atoms with Crippen LogP contribution in [0.4, 0.5) is 0 Å². The summed E-state index contributed by atoms with van der Waals surface area (Å²) in [6.07, 6.45) is 1.87. The van der Waals surface area contributed by atoms with Crippen LogP contribution in [0.25, 0.3) is 5.69 Å². The van der Waals surface area contributed by atoms with E-state index in [-0.39, 0.29) is 0 Å². The molecule has 0 saturated heterocycles. The molecule has 0 unspecified atom stereocenters. The maximum atomic E-state index is 8.91. The van der Waals surface area contributed by atoms with Crippen molar-refractivity contribution in [2.75, 3.05) is 6.54 Å². The van der Waals surface area contributed by atoms with E-state index in [4.69, 9.17) is 5.26 Å². The van der Waals surface area contributed by atoms with Crippen LogP contribution >= 0.6 is 0 Å². The van der Waals surface area contributed by atoms with Gasteiger partial charge in [-0.05, 0) is 31.7 Å². The molecule has 18 heavy (non-hydrogen) atoms. The van der Waals surface area contributed by atoms with E-state index in [2.05, 4.69) is 23.4 Å². The van der Waals surface area contributed by atoms with Gasteiger partial charge in [0.1, 0.15) is 0 Å². The van der Waals surface area contributed by atoms with Gasteiger partial charge >= 0.3 is 0 Å². The summed E-state index contributed by atoms with van der Waals surface area (Å²) in [7, 11) is 0. The monoisotopic (exact) mass is 240 g/mol. The van der Waals surface area contributed by atoms with Crippen molar-refractivity contribution in [1.29, 1.82) is 5.26 Å². The number of nitriles is 1. The normalized spacial score (nSPS) is 10.3. The molecule has 0 fully saturated rings. The molecule has 0 spiro atoms. The van der Waals surface area contributed by atoms with Crippen LogP contribution in [0.5, 0.6) is 0 Å². The number of nitrogens with zero attached hydrogens (tertiary/aromatic N) is 3. The molecular formula is C14H16N4. The van der Waals surface area contributed by atoms with Gasteiger partial charge in [0.25, 0.3) is 0 Å². The van der Waals surface area contributed by atoms with E-state index in [1.54, 1.807) is 6.07 Å². The zero-order valence-electron chi connectivity index (χ0n) is 10.6. The van der Waals surface area contributed by atoms with Crippen LogP contribution in [-0.2, 0) is 6.54 Å². The molecule has 2 aromatic rings. The molecule has 92 valence electrons. The second kappa shape index (κ2) is 5.48. The second-order valence-electron chi connectivity index (χ2n) is 4.11. The van der Waals surface area contributed by atoms with E-state index in [1.165, 1.54) is 5.56 Å². The quantitative estimate of drug-likeness (QED) is 0.891. The first kappa shape index (κ1) is 12.3. The van der Waals surface area contributed by atoms with Crippen LogP contribution in [0.3, 0.4) is 0 Å². The number of aromatic nitrogens is 2. The van der Waals surface area contributed by atoms with Crippen molar-refractivity contribution in [3.8, 4) is 11.8 Å². The standard InChI is InChI=1S/C14H16N4/c1-3-16-9-13-10-17-18(11(13)2)14-6-4-5-12(7-14)8-15/h4-7,10,16H,3,9H2,1-2H3. The molecule has 2 rings (SSSR count). The Morgan fingerprint density at radius 1 is 1.44 bits per heavy atom. The molecule has 0 bridgehead atoms. The van der Waals surface area contributed by atoms with Gasteiger partial charge in [0.15, 0.2) is 0 Å². The lowest BCUT2D eigenvalue weighted by Crippen LogP contribution is -2.12. The van der Waals surface area contributed by atoms with E-state index in [9.17, 15) is 0 Å². The lowest BCUT2D eigenvalue weighted by atomic mass is 10.2. The van der Waals surface area contributed by atoms with Crippen molar-refractivity contribution in [2.45, 2.75) is 20.4 Å². The Bertz CT molecular complexity index is 578. The predicted octanol–water partition coefficient (Wildman–Crippen LogP) is 2.16. The van der Waals surface area contributed by atoms with Gasteiger partial charge in [-0.3, -0.25) is 0 Å². The minimum atomic E-state index is 0.649. The van der Waals surface area contributed by atoms with Crippen molar-refractivity contribution in [1.82, 2.24) is 15.1 Å². The largest absolute Gasteiger partial charge is 0.313 e. The zero-order valence-corrected chi connectivity index (χ0v) is 10.6. The molecule has 0 aliphatic heterocycles. The number of nitrogens with one attached hydrogen (secondary N) is 1. The smallest absolute Gasteiger partial charge is 0.0992 e. The van der Waals surface area contributed by atoms with Crippen LogP contribution < -0.4 is 5.32 Å². The first-order valence-electron chi connectivity index (χ1n) is 6.01. The van der Waals surface area contributed by atoms with Gasteiger partial charge in [-0.25, -0.2) is 4.68 Å². The summed E-state index contributed by atoms with van der Waals surface area (Å²) in [5.74, 6) is 0. The van der Waals surface area contributed by atoms with Crippen LogP contribution in [0.1, 0.15) is 23.7 Å². The van der Waals surface area contributed by atoms with Gasteiger partial charge in [-0.2, -0.15) is 10.4 Å². The topological polar surface area (TPSA) is 53.6 Å². The third-order valence-electron chi connectivity index (χ3n) is 2.90. The Morgan fingerprint density at radius 2 is 2.28 bits per heavy atom.